The first-order valence-corrected chi connectivity index (χ1v) is 18.5. The maximum Gasteiger partial charge on any atom is 0.246 e. The van der Waals surface area contributed by atoms with Crippen LogP contribution in [0.4, 0.5) is 0 Å². The summed E-state index contributed by atoms with van der Waals surface area (Å²) in [7, 11) is 0. The molecule has 1 unspecified atom stereocenters. The standard InChI is InChI=1S/C36H65N7O8.5H2/c1-20(2)13-10-16-27(46)39-28(21(3)4)33(48)42-31(24(9)45)35(50)40-29(22(5)6)34(49)41-30(23(7)8)36(51)43-18-12-15-26(43)32(47)38-25(19-44)14-11-17-37;;;;;/h19-26,28-31,45H,10-18,37H2,1-9H3,(H,38,47)(H,39,46)(H,40,50)(H,41,49)(H,42,48);5*1H/t24?,25-,26+,28+,29-,30+,31-;;;;;/m0...../s1. The Morgan fingerprint density at radius 2 is 1.25 bits per heavy atom. The van der Waals surface area contributed by atoms with Crippen LogP contribution in [0.2, 0.25) is 0 Å². The molecule has 0 spiro atoms. The number of rotatable bonds is 22. The number of carbonyl (C=O) groups is 7. The van der Waals surface area contributed by atoms with Gasteiger partial charge < -0.3 is 47.1 Å². The third kappa shape index (κ3) is 14.9. The summed E-state index contributed by atoms with van der Waals surface area (Å²) in [6, 6.07) is -6.13. The molecule has 1 heterocycles. The van der Waals surface area contributed by atoms with Crippen LogP contribution in [-0.4, -0.2) is 107 Å². The molecule has 1 fully saturated rings. The first-order chi connectivity index (χ1) is 23.9. The van der Waals surface area contributed by atoms with Crippen LogP contribution >= 0.6 is 0 Å². The van der Waals surface area contributed by atoms with Gasteiger partial charge in [0.05, 0.1) is 12.1 Å². The van der Waals surface area contributed by atoms with Crippen LogP contribution < -0.4 is 32.3 Å². The Labute approximate surface area is 311 Å². The molecular weight excluding hydrogens is 658 g/mol. The Balaban J connectivity index is -0.00000173. The number of aldehydes is 1. The van der Waals surface area contributed by atoms with Crippen molar-refractivity contribution in [3.8, 4) is 0 Å². The monoisotopic (exact) mass is 734 g/mol. The third-order valence-electron chi connectivity index (χ3n) is 9.04. The second-order valence-electron chi connectivity index (χ2n) is 15.1. The topological polar surface area (TPSA) is 229 Å². The molecule has 6 amide bonds. The largest absolute Gasteiger partial charge is 0.391 e. The van der Waals surface area contributed by atoms with Crippen molar-refractivity contribution in [1.29, 1.82) is 0 Å². The van der Waals surface area contributed by atoms with E-state index in [1.165, 1.54) is 11.8 Å². The number of amides is 6. The third-order valence-corrected chi connectivity index (χ3v) is 9.04. The van der Waals surface area contributed by atoms with Crippen molar-refractivity contribution in [2.45, 2.75) is 150 Å². The smallest absolute Gasteiger partial charge is 0.246 e. The molecule has 51 heavy (non-hydrogen) atoms. The molecule has 0 aromatic rings. The van der Waals surface area contributed by atoms with Gasteiger partial charge in [-0.25, -0.2) is 0 Å². The van der Waals surface area contributed by atoms with Crippen molar-refractivity contribution in [3.63, 3.8) is 0 Å². The van der Waals surface area contributed by atoms with E-state index in [1.54, 1.807) is 41.5 Å². The van der Waals surface area contributed by atoms with Gasteiger partial charge in [0.25, 0.3) is 0 Å². The number of hydrogen-bond acceptors (Lipinski definition) is 9. The lowest BCUT2D eigenvalue weighted by Gasteiger charge is -2.33. The molecule has 0 aliphatic carbocycles. The molecule has 1 saturated heterocycles. The van der Waals surface area contributed by atoms with Gasteiger partial charge in [-0.2, -0.15) is 0 Å². The molecule has 0 aromatic carbocycles. The number of nitrogens with one attached hydrogen (secondary N) is 5. The fourth-order valence-electron chi connectivity index (χ4n) is 5.91. The van der Waals surface area contributed by atoms with Crippen LogP contribution in [0, 0.1) is 23.7 Å². The Kier molecular flexibility index (Phi) is 19.9. The van der Waals surface area contributed by atoms with Crippen LogP contribution in [0.1, 0.15) is 114 Å². The second kappa shape index (κ2) is 22.4. The lowest BCUT2D eigenvalue weighted by Crippen LogP contribution is -2.62. The molecule has 1 aliphatic rings. The average molecular weight is 734 g/mol. The summed E-state index contributed by atoms with van der Waals surface area (Å²) in [5, 5.41) is 23.9. The predicted octanol–water partition coefficient (Wildman–Crippen LogP) is 1.74. The minimum absolute atomic E-state index is 0. The lowest BCUT2D eigenvalue weighted by molar-refractivity contribution is -0.143. The van der Waals surface area contributed by atoms with Gasteiger partial charge in [-0.05, 0) is 69.2 Å². The van der Waals surface area contributed by atoms with Crippen LogP contribution in [0.5, 0.6) is 0 Å². The number of carbonyl (C=O) groups excluding carboxylic acids is 7. The van der Waals surface area contributed by atoms with Gasteiger partial charge in [0, 0.05) is 20.1 Å². The molecule has 0 bridgehead atoms. The Morgan fingerprint density at radius 1 is 0.745 bits per heavy atom. The summed E-state index contributed by atoms with van der Waals surface area (Å²) >= 11 is 0. The molecule has 302 valence electrons. The highest BCUT2D eigenvalue weighted by atomic mass is 16.3. The van der Waals surface area contributed by atoms with Crippen LogP contribution in [0.3, 0.4) is 0 Å². The van der Waals surface area contributed by atoms with Gasteiger partial charge >= 0.3 is 0 Å². The highest BCUT2D eigenvalue weighted by Crippen LogP contribution is 2.21. The zero-order valence-electron chi connectivity index (χ0n) is 32.1. The molecule has 0 saturated carbocycles. The van der Waals surface area contributed by atoms with E-state index in [9.17, 15) is 38.7 Å². The van der Waals surface area contributed by atoms with Crippen LogP contribution in [0.25, 0.3) is 0 Å². The van der Waals surface area contributed by atoms with Crippen molar-refractivity contribution in [3.05, 3.63) is 0 Å². The molecule has 0 radical (unpaired) electrons. The molecule has 8 N–H and O–H groups in total. The quantitative estimate of drug-likeness (QED) is 0.0803. The summed E-state index contributed by atoms with van der Waals surface area (Å²) in [5.74, 6) is -4.06. The van der Waals surface area contributed by atoms with Crippen molar-refractivity contribution >= 4 is 41.7 Å². The summed E-state index contributed by atoms with van der Waals surface area (Å²) < 4.78 is 0. The Morgan fingerprint density at radius 3 is 1.75 bits per heavy atom. The highest BCUT2D eigenvalue weighted by molar-refractivity contribution is 5.97. The normalized spacial score (nSPS) is 18.1. The maximum absolute atomic E-state index is 13.8. The summed E-state index contributed by atoms with van der Waals surface area (Å²) in [4.78, 5) is 93.0. The second-order valence-corrected chi connectivity index (χ2v) is 15.1. The number of aliphatic hydroxyl groups is 1. The predicted molar refractivity (Wildman–Crippen MR) is 204 cm³/mol. The summed E-state index contributed by atoms with van der Waals surface area (Å²) in [6.45, 7) is 16.5. The van der Waals surface area contributed by atoms with Crippen molar-refractivity contribution < 1.29 is 45.8 Å². The van der Waals surface area contributed by atoms with Gasteiger partial charge in [0.1, 0.15) is 36.5 Å². The van der Waals surface area contributed by atoms with Crippen molar-refractivity contribution in [2.24, 2.45) is 29.4 Å². The van der Waals surface area contributed by atoms with E-state index in [-0.39, 0.29) is 31.3 Å². The highest BCUT2D eigenvalue weighted by Gasteiger charge is 2.41. The van der Waals surface area contributed by atoms with E-state index in [0.717, 1.165) is 6.42 Å². The van der Waals surface area contributed by atoms with Gasteiger partial charge in [0.15, 0.2) is 0 Å². The first-order valence-electron chi connectivity index (χ1n) is 18.5. The minimum Gasteiger partial charge on any atom is -0.391 e. The maximum atomic E-state index is 13.8. The van der Waals surface area contributed by atoms with E-state index in [2.05, 4.69) is 40.4 Å². The first kappa shape index (κ1) is 45.4. The Hall–Kier alpha value is -3.59. The van der Waals surface area contributed by atoms with Crippen molar-refractivity contribution in [1.82, 2.24) is 31.5 Å². The molecule has 15 nitrogen and oxygen atoms in total. The van der Waals surface area contributed by atoms with Gasteiger partial charge in [-0.1, -0.05) is 61.8 Å². The molecule has 1 rings (SSSR count). The van der Waals surface area contributed by atoms with Gasteiger partial charge in [-0.3, -0.25) is 28.8 Å². The summed E-state index contributed by atoms with van der Waals surface area (Å²) in [6.07, 6.45) is 2.97. The Bertz CT molecular complexity index is 1200. The number of likely N-dealkylation sites (tertiary alicyclic amines) is 1. The zero-order valence-corrected chi connectivity index (χ0v) is 32.1. The van der Waals surface area contributed by atoms with Crippen molar-refractivity contribution in [2.75, 3.05) is 13.1 Å². The number of aliphatic hydroxyl groups excluding tert-OH is 1. The molecule has 0 aromatic heterocycles. The van der Waals surface area contributed by atoms with E-state index in [1.807, 2.05) is 0 Å². The number of hydrogen-bond donors (Lipinski definition) is 7. The van der Waals surface area contributed by atoms with E-state index < -0.39 is 77.8 Å². The summed E-state index contributed by atoms with van der Waals surface area (Å²) in [5.41, 5.74) is 5.53. The number of nitrogens with two attached hydrogens (primary N) is 1. The fourth-order valence-corrected chi connectivity index (χ4v) is 5.91. The molecular formula is C36H75N7O8. The molecule has 15 heteroatoms. The average Bonchev–Trinajstić information content (AvgIpc) is 3.54. The lowest BCUT2D eigenvalue weighted by atomic mass is 9.98. The van der Waals surface area contributed by atoms with E-state index in [4.69, 9.17) is 5.73 Å². The van der Waals surface area contributed by atoms with Crippen LogP contribution in [0.15, 0.2) is 0 Å². The number of nitrogens with zero attached hydrogens (tertiary/aromatic N) is 1. The van der Waals surface area contributed by atoms with E-state index >= 15 is 0 Å². The molecule has 7 atom stereocenters. The SMILES string of the molecule is CC(C)CCCC(=O)N[C@@H](C(=O)N[C@H](C(=O)N[C@H](C(=O)N[C@@H](C(=O)N1CCC[C@@H]1C(=O)N[C@H](C=O)CCCN)C(C)C)C(C)C)C(C)O)C(C)C.[HH].[HH].[HH].[HH].[HH]. The minimum atomic E-state index is -1.45. The zero-order chi connectivity index (χ0) is 39.0. The van der Waals surface area contributed by atoms with Gasteiger partial charge in [-0.15, -0.1) is 0 Å². The van der Waals surface area contributed by atoms with Gasteiger partial charge in [0.2, 0.25) is 35.4 Å². The van der Waals surface area contributed by atoms with E-state index in [0.29, 0.717) is 57.4 Å². The fraction of sp³-hybridized carbons (Fsp3) is 0.806. The van der Waals surface area contributed by atoms with Crippen LogP contribution in [-0.2, 0) is 33.6 Å². The molecule has 1 aliphatic heterocycles.